The van der Waals surface area contributed by atoms with Crippen LogP contribution in [0.3, 0.4) is 0 Å². The number of aliphatic imine (C=N–C) groups is 1. The SMILES string of the molecule is CCOC(=O)C1=Cc2cc(-c3ccc(S(=O)(=O)N(C)C)cc3)ccc2N=C(N)C1. The normalized spacial score (nSPS) is 13.9. The van der Waals surface area contributed by atoms with Crippen molar-refractivity contribution in [3.05, 3.63) is 53.6 Å². The predicted octanol–water partition coefficient (Wildman–Crippen LogP) is 2.94. The predicted molar refractivity (Wildman–Crippen MR) is 113 cm³/mol. The van der Waals surface area contributed by atoms with Crippen molar-refractivity contribution in [2.24, 2.45) is 10.7 Å². The third-order valence-electron chi connectivity index (χ3n) is 4.50. The largest absolute Gasteiger partial charge is 0.463 e. The van der Waals surface area contributed by atoms with Gasteiger partial charge < -0.3 is 10.5 Å². The first-order chi connectivity index (χ1) is 13.7. The molecule has 0 fully saturated rings. The van der Waals surface area contributed by atoms with Crippen molar-refractivity contribution in [2.45, 2.75) is 18.2 Å². The van der Waals surface area contributed by atoms with Crippen LogP contribution in [0.5, 0.6) is 0 Å². The van der Waals surface area contributed by atoms with Gasteiger partial charge in [0.05, 0.1) is 17.2 Å². The molecule has 0 atom stereocenters. The molecule has 0 unspecified atom stereocenters. The van der Waals surface area contributed by atoms with Gasteiger partial charge in [0.1, 0.15) is 5.84 Å². The minimum atomic E-state index is -3.48. The molecule has 2 aromatic carbocycles. The number of rotatable bonds is 5. The number of sulfonamides is 1. The van der Waals surface area contributed by atoms with E-state index in [1.165, 1.54) is 18.4 Å². The number of hydrogen-bond donors (Lipinski definition) is 1. The Morgan fingerprint density at radius 2 is 1.79 bits per heavy atom. The molecule has 29 heavy (non-hydrogen) atoms. The summed E-state index contributed by atoms with van der Waals surface area (Å²) in [6.45, 7) is 2.03. The molecule has 2 aromatic rings. The van der Waals surface area contributed by atoms with Crippen LogP contribution < -0.4 is 5.73 Å². The first-order valence-corrected chi connectivity index (χ1v) is 10.5. The van der Waals surface area contributed by atoms with E-state index in [0.29, 0.717) is 17.1 Å². The maximum absolute atomic E-state index is 12.2. The van der Waals surface area contributed by atoms with Crippen LogP contribution in [-0.4, -0.2) is 45.2 Å². The summed E-state index contributed by atoms with van der Waals surface area (Å²) in [6.07, 6.45) is 1.96. The Bertz CT molecular complexity index is 1100. The lowest BCUT2D eigenvalue weighted by atomic mass is 10.0. The van der Waals surface area contributed by atoms with E-state index in [4.69, 9.17) is 10.5 Å². The van der Waals surface area contributed by atoms with Gasteiger partial charge in [-0.05, 0) is 48.4 Å². The van der Waals surface area contributed by atoms with E-state index in [0.717, 1.165) is 16.7 Å². The smallest absolute Gasteiger partial charge is 0.334 e. The Kier molecular flexibility index (Phi) is 5.86. The van der Waals surface area contributed by atoms with Crippen molar-refractivity contribution >= 4 is 33.6 Å². The molecule has 0 saturated heterocycles. The Hall–Kier alpha value is -2.97. The molecule has 0 bridgehead atoms. The van der Waals surface area contributed by atoms with Gasteiger partial charge in [-0.3, -0.25) is 0 Å². The summed E-state index contributed by atoms with van der Waals surface area (Å²) in [5.41, 5.74) is 9.51. The van der Waals surface area contributed by atoms with Crippen LogP contribution in [0, 0.1) is 0 Å². The molecule has 0 aliphatic carbocycles. The second-order valence-corrected chi connectivity index (χ2v) is 8.91. The Balaban J connectivity index is 2.00. The molecular weight excluding hydrogens is 390 g/mol. The number of amidine groups is 1. The average Bonchev–Trinajstić information content (AvgIpc) is 2.85. The summed E-state index contributed by atoms with van der Waals surface area (Å²) in [5.74, 6) is -0.0730. The standard InChI is InChI=1S/C21H23N3O4S/c1-4-28-21(25)17-12-16-11-15(7-10-19(16)23-20(22)13-17)14-5-8-18(9-6-14)29(26,27)24(2)3/h5-12H,4,13H2,1-3H3,(H2,22,23). The lowest BCUT2D eigenvalue weighted by Gasteiger charge is -2.12. The summed E-state index contributed by atoms with van der Waals surface area (Å²) in [4.78, 5) is 16.8. The molecule has 0 radical (unpaired) electrons. The fraction of sp³-hybridized carbons (Fsp3) is 0.238. The molecule has 152 valence electrons. The van der Waals surface area contributed by atoms with Gasteiger partial charge in [-0.1, -0.05) is 18.2 Å². The Morgan fingerprint density at radius 1 is 1.14 bits per heavy atom. The molecule has 0 amide bonds. The zero-order chi connectivity index (χ0) is 21.2. The van der Waals surface area contributed by atoms with Crippen LogP contribution in [0.2, 0.25) is 0 Å². The number of carbonyl (C=O) groups is 1. The molecule has 7 nitrogen and oxygen atoms in total. The van der Waals surface area contributed by atoms with Crippen LogP contribution in [0.15, 0.2) is 57.9 Å². The second kappa shape index (κ2) is 8.18. The van der Waals surface area contributed by atoms with Crippen LogP contribution >= 0.6 is 0 Å². The number of carbonyl (C=O) groups excluding carboxylic acids is 1. The van der Waals surface area contributed by atoms with Gasteiger partial charge in [0.2, 0.25) is 10.0 Å². The zero-order valence-corrected chi connectivity index (χ0v) is 17.4. The van der Waals surface area contributed by atoms with Crippen LogP contribution in [0.4, 0.5) is 5.69 Å². The van der Waals surface area contributed by atoms with E-state index in [1.807, 2.05) is 18.2 Å². The van der Waals surface area contributed by atoms with Crippen LogP contribution in [-0.2, 0) is 19.6 Å². The van der Waals surface area contributed by atoms with Gasteiger partial charge in [0.25, 0.3) is 0 Å². The Labute approximate surface area is 170 Å². The third-order valence-corrected chi connectivity index (χ3v) is 6.33. The van der Waals surface area contributed by atoms with Gasteiger partial charge in [-0.15, -0.1) is 0 Å². The molecule has 8 heteroatoms. The molecule has 1 aliphatic heterocycles. The zero-order valence-electron chi connectivity index (χ0n) is 16.5. The molecule has 3 rings (SSSR count). The lowest BCUT2D eigenvalue weighted by Crippen LogP contribution is -2.22. The highest BCUT2D eigenvalue weighted by atomic mass is 32.2. The molecule has 0 saturated carbocycles. The van der Waals surface area contributed by atoms with Crippen molar-refractivity contribution in [3.63, 3.8) is 0 Å². The van der Waals surface area contributed by atoms with Crippen molar-refractivity contribution in [1.29, 1.82) is 0 Å². The maximum Gasteiger partial charge on any atom is 0.334 e. The molecular formula is C21H23N3O4S. The molecule has 0 aromatic heterocycles. The molecule has 2 N–H and O–H groups in total. The fourth-order valence-electron chi connectivity index (χ4n) is 2.96. The van der Waals surface area contributed by atoms with Gasteiger partial charge in [-0.2, -0.15) is 0 Å². The van der Waals surface area contributed by atoms with E-state index < -0.39 is 16.0 Å². The van der Waals surface area contributed by atoms with E-state index >= 15 is 0 Å². The molecule has 1 heterocycles. The summed E-state index contributed by atoms with van der Waals surface area (Å²) < 4.78 is 30.8. The number of ether oxygens (including phenoxy) is 1. The highest BCUT2D eigenvalue weighted by molar-refractivity contribution is 7.89. The van der Waals surface area contributed by atoms with Crippen molar-refractivity contribution in [3.8, 4) is 11.1 Å². The third kappa shape index (κ3) is 4.38. The molecule has 0 spiro atoms. The summed E-state index contributed by atoms with van der Waals surface area (Å²) in [6, 6.07) is 12.3. The fourth-order valence-corrected chi connectivity index (χ4v) is 3.87. The summed E-state index contributed by atoms with van der Waals surface area (Å²) in [7, 11) is -0.492. The van der Waals surface area contributed by atoms with E-state index in [9.17, 15) is 13.2 Å². The number of benzene rings is 2. The maximum atomic E-state index is 12.2. The summed E-state index contributed by atoms with van der Waals surface area (Å²) >= 11 is 0. The number of nitrogens with two attached hydrogens (primary N) is 1. The minimum Gasteiger partial charge on any atom is -0.463 e. The van der Waals surface area contributed by atoms with Crippen LogP contribution in [0.1, 0.15) is 18.9 Å². The lowest BCUT2D eigenvalue weighted by molar-refractivity contribution is -0.138. The highest BCUT2D eigenvalue weighted by Gasteiger charge is 2.19. The number of fused-ring (bicyclic) bond motifs is 1. The first kappa shape index (κ1) is 20.8. The van der Waals surface area contributed by atoms with E-state index in [2.05, 4.69) is 4.99 Å². The van der Waals surface area contributed by atoms with Crippen molar-refractivity contribution in [2.75, 3.05) is 20.7 Å². The second-order valence-electron chi connectivity index (χ2n) is 6.76. The highest BCUT2D eigenvalue weighted by Crippen LogP contribution is 2.32. The first-order valence-electron chi connectivity index (χ1n) is 9.10. The quantitative estimate of drug-likeness (QED) is 0.760. The van der Waals surface area contributed by atoms with Gasteiger partial charge in [0.15, 0.2) is 0 Å². The van der Waals surface area contributed by atoms with Gasteiger partial charge in [-0.25, -0.2) is 22.5 Å². The topological polar surface area (TPSA) is 102 Å². The average molecular weight is 413 g/mol. The van der Waals surface area contributed by atoms with Crippen LogP contribution in [0.25, 0.3) is 17.2 Å². The van der Waals surface area contributed by atoms with E-state index in [-0.39, 0.29) is 17.9 Å². The minimum absolute atomic E-state index is 0.222. The molecule has 1 aliphatic rings. The number of esters is 1. The van der Waals surface area contributed by atoms with Crippen molar-refractivity contribution < 1.29 is 17.9 Å². The van der Waals surface area contributed by atoms with E-state index in [1.54, 1.807) is 37.3 Å². The van der Waals surface area contributed by atoms with Gasteiger partial charge in [0, 0.05) is 31.7 Å². The number of hydrogen-bond acceptors (Lipinski definition) is 6. The monoisotopic (exact) mass is 413 g/mol. The number of nitrogens with zero attached hydrogens (tertiary/aromatic N) is 2. The Morgan fingerprint density at radius 3 is 2.41 bits per heavy atom. The van der Waals surface area contributed by atoms with Gasteiger partial charge >= 0.3 is 5.97 Å². The summed E-state index contributed by atoms with van der Waals surface area (Å²) in [5, 5.41) is 0. The van der Waals surface area contributed by atoms with Crippen molar-refractivity contribution in [1.82, 2.24) is 4.31 Å².